The van der Waals surface area contributed by atoms with Crippen LogP contribution in [0.25, 0.3) is 0 Å². The van der Waals surface area contributed by atoms with Gasteiger partial charge in [0, 0.05) is 18.7 Å². The summed E-state index contributed by atoms with van der Waals surface area (Å²) < 4.78 is 1.91. The summed E-state index contributed by atoms with van der Waals surface area (Å²) >= 11 is 0. The predicted octanol–water partition coefficient (Wildman–Crippen LogP) is 2.37. The summed E-state index contributed by atoms with van der Waals surface area (Å²) in [5.74, 6) is 0.203. The van der Waals surface area contributed by atoms with Crippen molar-refractivity contribution >= 4 is 0 Å². The van der Waals surface area contributed by atoms with Crippen molar-refractivity contribution in [3.8, 4) is 5.75 Å². The Morgan fingerprint density at radius 1 is 1.26 bits per heavy atom. The Kier molecular flexibility index (Phi) is 3.62. The SMILES string of the molecule is CCn1nc(C)cc1CC(C)(O)c1ccc(O)cc1. The molecular formula is C15H20N2O2. The zero-order chi connectivity index (χ0) is 14.0. The Morgan fingerprint density at radius 3 is 2.47 bits per heavy atom. The van der Waals surface area contributed by atoms with E-state index in [4.69, 9.17) is 0 Å². The largest absolute Gasteiger partial charge is 0.508 e. The number of rotatable bonds is 4. The number of aliphatic hydroxyl groups is 1. The van der Waals surface area contributed by atoms with Gasteiger partial charge in [-0.05, 0) is 44.5 Å². The van der Waals surface area contributed by atoms with E-state index in [1.807, 2.05) is 24.6 Å². The number of aromatic nitrogens is 2. The van der Waals surface area contributed by atoms with Crippen molar-refractivity contribution in [1.82, 2.24) is 9.78 Å². The van der Waals surface area contributed by atoms with E-state index in [2.05, 4.69) is 5.10 Å². The molecule has 19 heavy (non-hydrogen) atoms. The monoisotopic (exact) mass is 260 g/mol. The lowest BCUT2D eigenvalue weighted by atomic mass is 9.91. The number of phenols is 1. The van der Waals surface area contributed by atoms with Crippen molar-refractivity contribution in [2.75, 3.05) is 0 Å². The van der Waals surface area contributed by atoms with Crippen LogP contribution in [0, 0.1) is 6.92 Å². The van der Waals surface area contributed by atoms with Crippen LogP contribution in [0.5, 0.6) is 5.75 Å². The Balaban J connectivity index is 2.27. The summed E-state index contributed by atoms with van der Waals surface area (Å²) in [6.45, 7) is 6.55. The van der Waals surface area contributed by atoms with Crippen LogP contribution in [0.1, 0.15) is 30.8 Å². The van der Waals surface area contributed by atoms with Gasteiger partial charge >= 0.3 is 0 Å². The first-order valence-electron chi connectivity index (χ1n) is 6.47. The van der Waals surface area contributed by atoms with Gasteiger partial charge in [0.25, 0.3) is 0 Å². The van der Waals surface area contributed by atoms with Gasteiger partial charge in [0.2, 0.25) is 0 Å². The van der Waals surface area contributed by atoms with Crippen LogP contribution in [0.4, 0.5) is 0 Å². The molecule has 1 atom stereocenters. The molecule has 0 bridgehead atoms. The Morgan fingerprint density at radius 2 is 1.89 bits per heavy atom. The molecule has 4 heteroatoms. The van der Waals surface area contributed by atoms with Crippen LogP contribution in [0.2, 0.25) is 0 Å². The van der Waals surface area contributed by atoms with Crippen LogP contribution >= 0.6 is 0 Å². The molecule has 0 radical (unpaired) electrons. The third kappa shape index (κ3) is 2.96. The lowest BCUT2D eigenvalue weighted by Gasteiger charge is -2.24. The molecule has 1 heterocycles. The highest BCUT2D eigenvalue weighted by Gasteiger charge is 2.25. The van der Waals surface area contributed by atoms with Crippen molar-refractivity contribution in [3.63, 3.8) is 0 Å². The van der Waals surface area contributed by atoms with Crippen molar-refractivity contribution in [1.29, 1.82) is 0 Å². The summed E-state index contributed by atoms with van der Waals surface area (Å²) in [5, 5.41) is 24.3. The van der Waals surface area contributed by atoms with Gasteiger partial charge in [-0.3, -0.25) is 4.68 Å². The number of benzene rings is 1. The molecule has 0 aliphatic rings. The van der Waals surface area contributed by atoms with Gasteiger partial charge in [-0.1, -0.05) is 12.1 Å². The summed E-state index contributed by atoms with van der Waals surface area (Å²) in [7, 11) is 0. The van der Waals surface area contributed by atoms with Crippen LogP contribution in [0.15, 0.2) is 30.3 Å². The average molecular weight is 260 g/mol. The summed E-state index contributed by atoms with van der Waals surface area (Å²) in [6, 6.07) is 8.67. The maximum Gasteiger partial charge on any atom is 0.115 e. The molecule has 0 aliphatic carbocycles. The highest BCUT2D eigenvalue weighted by atomic mass is 16.3. The predicted molar refractivity (Wildman–Crippen MR) is 74.0 cm³/mol. The molecule has 0 aliphatic heterocycles. The fourth-order valence-corrected chi connectivity index (χ4v) is 2.29. The van der Waals surface area contributed by atoms with E-state index in [-0.39, 0.29) is 5.75 Å². The molecular weight excluding hydrogens is 240 g/mol. The van der Waals surface area contributed by atoms with Gasteiger partial charge < -0.3 is 10.2 Å². The minimum Gasteiger partial charge on any atom is -0.508 e. The lowest BCUT2D eigenvalue weighted by molar-refractivity contribution is 0.0553. The van der Waals surface area contributed by atoms with Gasteiger partial charge in [-0.15, -0.1) is 0 Å². The molecule has 102 valence electrons. The Bertz CT molecular complexity index is 556. The number of phenolic OH excluding ortho intramolecular Hbond substituents is 1. The highest BCUT2D eigenvalue weighted by molar-refractivity contribution is 5.30. The van der Waals surface area contributed by atoms with Crippen molar-refractivity contribution in [3.05, 3.63) is 47.3 Å². The number of aromatic hydroxyl groups is 1. The number of hydrogen-bond donors (Lipinski definition) is 2. The molecule has 2 rings (SSSR count). The molecule has 1 unspecified atom stereocenters. The minimum atomic E-state index is -0.979. The zero-order valence-electron chi connectivity index (χ0n) is 11.6. The molecule has 0 saturated carbocycles. The average Bonchev–Trinajstić information content (AvgIpc) is 2.69. The van der Waals surface area contributed by atoms with Gasteiger partial charge in [0.15, 0.2) is 0 Å². The molecule has 0 fully saturated rings. The first-order chi connectivity index (χ1) is 8.92. The van der Waals surface area contributed by atoms with Gasteiger partial charge in [-0.2, -0.15) is 5.10 Å². The van der Waals surface area contributed by atoms with E-state index < -0.39 is 5.60 Å². The maximum atomic E-state index is 10.6. The topological polar surface area (TPSA) is 58.3 Å². The Hall–Kier alpha value is -1.81. The third-order valence-corrected chi connectivity index (χ3v) is 3.30. The van der Waals surface area contributed by atoms with Crippen molar-refractivity contribution < 1.29 is 10.2 Å². The van der Waals surface area contributed by atoms with E-state index in [0.717, 1.165) is 23.5 Å². The zero-order valence-corrected chi connectivity index (χ0v) is 11.6. The van der Waals surface area contributed by atoms with E-state index in [0.29, 0.717) is 6.42 Å². The number of hydrogen-bond acceptors (Lipinski definition) is 3. The lowest BCUT2D eigenvalue weighted by Crippen LogP contribution is -2.25. The van der Waals surface area contributed by atoms with Crippen LogP contribution in [-0.4, -0.2) is 20.0 Å². The minimum absolute atomic E-state index is 0.203. The third-order valence-electron chi connectivity index (χ3n) is 3.30. The number of nitrogens with zero attached hydrogens (tertiary/aromatic N) is 2. The van der Waals surface area contributed by atoms with Crippen LogP contribution < -0.4 is 0 Å². The smallest absolute Gasteiger partial charge is 0.115 e. The molecule has 2 aromatic rings. The maximum absolute atomic E-state index is 10.6. The van der Waals surface area contributed by atoms with Gasteiger partial charge in [0.05, 0.1) is 11.3 Å². The second kappa shape index (κ2) is 5.05. The fraction of sp³-hybridized carbons (Fsp3) is 0.400. The summed E-state index contributed by atoms with van der Waals surface area (Å²) in [5.41, 5.74) is 1.77. The standard InChI is InChI=1S/C15H20N2O2/c1-4-17-13(9-11(2)16-17)10-15(3,19)12-5-7-14(18)8-6-12/h5-9,18-19H,4,10H2,1-3H3. The van der Waals surface area contributed by atoms with Crippen molar-refractivity contribution in [2.24, 2.45) is 0 Å². The van der Waals surface area contributed by atoms with E-state index in [9.17, 15) is 10.2 Å². The molecule has 0 spiro atoms. The van der Waals surface area contributed by atoms with E-state index >= 15 is 0 Å². The van der Waals surface area contributed by atoms with Crippen LogP contribution in [0.3, 0.4) is 0 Å². The molecule has 1 aromatic carbocycles. The van der Waals surface area contributed by atoms with Crippen LogP contribution in [-0.2, 0) is 18.6 Å². The fourth-order valence-electron chi connectivity index (χ4n) is 2.29. The summed E-state index contributed by atoms with van der Waals surface area (Å²) in [6.07, 6.45) is 0.493. The van der Waals surface area contributed by atoms with Gasteiger partial charge in [0.1, 0.15) is 5.75 Å². The Labute approximate surface area is 113 Å². The molecule has 0 amide bonds. The first kappa shape index (κ1) is 13.6. The summed E-state index contributed by atoms with van der Waals surface area (Å²) in [4.78, 5) is 0. The molecule has 1 aromatic heterocycles. The van der Waals surface area contributed by atoms with Gasteiger partial charge in [-0.25, -0.2) is 0 Å². The molecule has 2 N–H and O–H groups in total. The molecule has 4 nitrogen and oxygen atoms in total. The van der Waals surface area contributed by atoms with E-state index in [1.165, 1.54) is 0 Å². The normalized spacial score (nSPS) is 14.3. The highest BCUT2D eigenvalue weighted by Crippen LogP contribution is 2.27. The van der Waals surface area contributed by atoms with E-state index in [1.54, 1.807) is 31.2 Å². The molecule has 0 saturated heterocycles. The second-order valence-electron chi connectivity index (χ2n) is 5.09. The second-order valence-corrected chi connectivity index (χ2v) is 5.09. The van der Waals surface area contributed by atoms with Crippen molar-refractivity contribution in [2.45, 2.75) is 39.3 Å². The first-order valence-corrected chi connectivity index (χ1v) is 6.47. The number of aryl methyl sites for hydroxylation is 2. The quantitative estimate of drug-likeness (QED) is 0.887.